The first kappa shape index (κ1) is 34.2. The summed E-state index contributed by atoms with van der Waals surface area (Å²) in [6.07, 6.45) is 12.6. The molecule has 0 spiro atoms. The molecular formula is C54H39NO2. The standard InChI is InChI=1S/C54H39NO2/c1-4-13-36(41-24-23-37-15-6-7-18-40(37)33-41)31-32-55(49-21-12-22-51-52(49)47-29-26-39-17-9-11-20-45(39)54(47)57-51)35(3)43(14-5-2)42-27-30-50-48(34-42)46-28-25-38-16-8-10-19-44(38)53(46)56-50/h4-34H,1H2,2-3H3/b14-5-,32-31+,36-13+,43-35-. The first-order valence-electron chi connectivity index (χ1n) is 19.4. The van der Waals surface area contributed by atoms with Crippen molar-refractivity contribution in [3.05, 3.63) is 212 Å². The van der Waals surface area contributed by atoms with Crippen LogP contribution in [0.3, 0.4) is 0 Å². The van der Waals surface area contributed by atoms with E-state index in [1.807, 2.05) is 6.08 Å². The highest BCUT2D eigenvalue weighted by atomic mass is 16.3. The van der Waals surface area contributed by atoms with Crippen molar-refractivity contribution in [3.63, 3.8) is 0 Å². The molecule has 8 aromatic carbocycles. The van der Waals surface area contributed by atoms with Crippen LogP contribution in [0.4, 0.5) is 5.69 Å². The molecule has 2 heterocycles. The van der Waals surface area contributed by atoms with E-state index in [1.54, 1.807) is 0 Å². The Morgan fingerprint density at radius 2 is 1.19 bits per heavy atom. The molecule has 0 unspecified atom stereocenters. The number of hydrogen-bond acceptors (Lipinski definition) is 3. The van der Waals surface area contributed by atoms with Gasteiger partial charge in [-0.15, -0.1) is 0 Å². The molecule has 10 aromatic rings. The summed E-state index contributed by atoms with van der Waals surface area (Å²) in [4.78, 5) is 2.31. The lowest BCUT2D eigenvalue weighted by Gasteiger charge is -2.25. The van der Waals surface area contributed by atoms with E-state index in [1.165, 1.54) is 16.2 Å². The maximum atomic E-state index is 6.70. The van der Waals surface area contributed by atoms with Gasteiger partial charge in [0.05, 0.1) is 11.1 Å². The monoisotopic (exact) mass is 733 g/mol. The molecule has 0 amide bonds. The van der Waals surface area contributed by atoms with Crippen LogP contribution in [0.25, 0.3) is 87.3 Å². The zero-order valence-electron chi connectivity index (χ0n) is 31.9. The zero-order valence-corrected chi connectivity index (χ0v) is 31.9. The van der Waals surface area contributed by atoms with Crippen LogP contribution in [0.1, 0.15) is 25.0 Å². The van der Waals surface area contributed by atoms with E-state index in [0.29, 0.717) is 0 Å². The van der Waals surface area contributed by atoms with Crippen molar-refractivity contribution >= 4 is 93.0 Å². The van der Waals surface area contributed by atoms with E-state index in [4.69, 9.17) is 8.83 Å². The second kappa shape index (κ2) is 14.1. The van der Waals surface area contributed by atoms with Gasteiger partial charge >= 0.3 is 0 Å². The molecule has 272 valence electrons. The van der Waals surface area contributed by atoms with Crippen LogP contribution in [0.5, 0.6) is 0 Å². The zero-order chi connectivity index (χ0) is 38.5. The molecule has 0 atom stereocenters. The number of rotatable bonds is 8. The number of furan rings is 2. The summed E-state index contributed by atoms with van der Waals surface area (Å²) in [5.41, 5.74) is 9.95. The van der Waals surface area contributed by atoms with Crippen molar-refractivity contribution in [1.82, 2.24) is 0 Å². The number of hydrogen-bond donors (Lipinski definition) is 0. The van der Waals surface area contributed by atoms with E-state index in [-0.39, 0.29) is 0 Å². The number of nitrogens with zero attached hydrogens (tertiary/aromatic N) is 1. The van der Waals surface area contributed by atoms with E-state index in [0.717, 1.165) is 93.7 Å². The molecule has 0 fully saturated rings. The maximum absolute atomic E-state index is 6.70. The average molecular weight is 734 g/mol. The molecule has 3 nitrogen and oxygen atoms in total. The Balaban J connectivity index is 1.20. The first-order valence-corrected chi connectivity index (χ1v) is 19.4. The average Bonchev–Trinajstić information content (AvgIpc) is 3.84. The van der Waals surface area contributed by atoms with Gasteiger partial charge in [0, 0.05) is 44.4 Å². The van der Waals surface area contributed by atoms with Crippen LogP contribution in [0.15, 0.2) is 209 Å². The lowest BCUT2D eigenvalue weighted by atomic mass is 9.98. The van der Waals surface area contributed by atoms with Gasteiger partial charge in [-0.05, 0) is 101 Å². The van der Waals surface area contributed by atoms with Crippen LogP contribution < -0.4 is 4.90 Å². The molecule has 57 heavy (non-hydrogen) atoms. The Morgan fingerprint density at radius 3 is 1.95 bits per heavy atom. The Hall–Kier alpha value is -7.36. The Morgan fingerprint density at radius 1 is 0.544 bits per heavy atom. The van der Waals surface area contributed by atoms with Crippen LogP contribution in [-0.2, 0) is 0 Å². The van der Waals surface area contributed by atoms with E-state index in [2.05, 4.69) is 207 Å². The third-order valence-corrected chi connectivity index (χ3v) is 11.2. The topological polar surface area (TPSA) is 29.5 Å². The number of benzene rings is 8. The van der Waals surface area contributed by atoms with E-state index >= 15 is 0 Å². The van der Waals surface area contributed by atoms with Crippen LogP contribution in [0.2, 0.25) is 0 Å². The van der Waals surface area contributed by atoms with Crippen molar-refractivity contribution in [2.24, 2.45) is 0 Å². The molecular weight excluding hydrogens is 695 g/mol. The van der Waals surface area contributed by atoms with Crippen molar-refractivity contribution < 1.29 is 8.83 Å². The minimum atomic E-state index is 0.840. The molecule has 0 bridgehead atoms. The molecule has 0 N–H and O–H groups in total. The van der Waals surface area contributed by atoms with Gasteiger partial charge < -0.3 is 13.7 Å². The predicted octanol–water partition coefficient (Wildman–Crippen LogP) is 15.5. The molecule has 10 rings (SSSR count). The Labute approximate surface area is 331 Å². The molecule has 0 aliphatic rings. The third kappa shape index (κ3) is 5.84. The predicted molar refractivity (Wildman–Crippen MR) is 244 cm³/mol. The van der Waals surface area contributed by atoms with Gasteiger partial charge in [0.2, 0.25) is 0 Å². The molecule has 0 aliphatic heterocycles. The van der Waals surface area contributed by atoms with Gasteiger partial charge in [0.15, 0.2) is 0 Å². The van der Waals surface area contributed by atoms with Gasteiger partial charge in [0.1, 0.15) is 22.3 Å². The lowest BCUT2D eigenvalue weighted by Crippen LogP contribution is -2.15. The second-order valence-corrected chi connectivity index (χ2v) is 14.5. The fourth-order valence-corrected chi connectivity index (χ4v) is 8.40. The lowest BCUT2D eigenvalue weighted by molar-refractivity contribution is 0.672. The summed E-state index contributed by atoms with van der Waals surface area (Å²) in [7, 11) is 0. The highest BCUT2D eigenvalue weighted by molar-refractivity contribution is 6.19. The van der Waals surface area contributed by atoms with Crippen molar-refractivity contribution in [2.75, 3.05) is 4.90 Å². The number of allylic oxidation sites excluding steroid dienone is 8. The van der Waals surface area contributed by atoms with Gasteiger partial charge in [0.25, 0.3) is 0 Å². The quantitative estimate of drug-likeness (QED) is 0.146. The highest BCUT2D eigenvalue weighted by Crippen LogP contribution is 2.42. The highest BCUT2D eigenvalue weighted by Gasteiger charge is 2.20. The fourth-order valence-electron chi connectivity index (χ4n) is 8.40. The van der Waals surface area contributed by atoms with E-state index in [9.17, 15) is 0 Å². The minimum Gasteiger partial charge on any atom is -0.455 e. The third-order valence-electron chi connectivity index (χ3n) is 11.2. The Bertz CT molecular complexity index is 3350. The summed E-state index contributed by atoms with van der Waals surface area (Å²) in [6.45, 7) is 8.37. The molecule has 0 radical (unpaired) electrons. The molecule has 0 saturated carbocycles. The number of fused-ring (bicyclic) bond motifs is 11. The van der Waals surface area contributed by atoms with Crippen molar-refractivity contribution in [2.45, 2.75) is 13.8 Å². The SMILES string of the molecule is C=C/C=C(\C=C\N(/C(C)=C(/C=C\C)c1ccc2oc3c4ccccc4ccc3c2c1)c1cccc2oc3c4ccccc4ccc3c12)c1ccc2ccccc2c1. The van der Waals surface area contributed by atoms with Gasteiger partial charge in [-0.1, -0.05) is 140 Å². The van der Waals surface area contributed by atoms with Crippen LogP contribution in [0, 0.1) is 0 Å². The van der Waals surface area contributed by atoms with Gasteiger partial charge in [-0.3, -0.25) is 0 Å². The summed E-state index contributed by atoms with van der Waals surface area (Å²) in [5, 5.41) is 11.3. The van der Waals surface area contributed by atoms with Crippen LogP contribution in [-0.4, -0.2) is 0 Å². The smallest absolute Gasteiger partial charge is 0.143 e. The summed E-state index contributed by atoms with van der Waals surface area (Å²) >= 11 is 0. The molecule has 3 heteroatoms. The Kier molecular flexibility index (Phi) is 8.42. The molecule has 0 saturated heterocycles. The maximum Gasteiger partial charge on any atom is 0.143 e. The van der Waals surface area contributed by atoms with Crippen molar-refractivity contribution in [3.8, 4) is 0 Å². The summed E-state index contributed by atoms with van der Waals surface area (Å²) < 4.78 is 13.2. The van der Waals surface area contributed by atoms with Gasteiger partial charge in [-0.25, -0.2) is 0 Å². The number of anilines is 1. The van der Waals surface area contributed by atoms with Crippen LogP contribution >= 0.6 is 0 Å². The van der Waals surface area contributed by atoms with Crippen molar-refractivity contribution in [1.29, 1.82) is 0 Å². The molecule has 0 aliphatic carbocycles. The first-order chi connectivity index (χ1) is 28.1. The molecule has 2 aromatic heterocycles. The van der Waals surface area contributed by atoms with Gasteiger partial charge in [-0.2, -0.15) is 0 Å². The normalized spacial score (nSPS) is 13.1. The van der Waals surface area contributed by atoms with E-state index < -0.39 is 0 Å². The second-order valence-electron chi connectivity index (χ2n) is 14.5. The summed E-state index contributed by atoms with van der Waals surface area (Å²) in [5.74, 6) is 0. The fraction of sp³-hybridized carbons (Fsp3) is 0.0370. The minimum absolute atomic E-state index is 0.840. The largest absolute Gasteiger partial charge is 0.455 e. The summed E-state index contributed by atoms with van der Waals surface area (Å²) in [6, 6.07) is 53.6.